The standard InChI is InChI=1S/C15H15FN4O2S/c1-2-19-23(21,22)10-20-15-7-12(8-17-14(15)9-18-20)11-4-3-5-13(16)6-11/h3-9,19H,2,10H2,1H3. The minimum atomic E-state index is -3.47. The van der Waals surface area contributed by atoms with Crippen molar-refractivity contribution in [3.05, 3.63) is 48.5 Å². The fourth-order valence-electron chi connectivity index (χ4n) is 2.31. The van der Waals surface area contributed by atoms with Gasteiger partial charge < -0.3 is 0 Å². The van der Waals surface area contributed by atoms with E-state index in [1.807, 2.05) is 0 Å². The van der Waals surface area contributed by atoms with Crippen molar-refractivity contribution in [3.8, 4) is 11.1 Å². The van der Waals surface area contributed by atoms with E-state index in [9.17, 15) is 12.8 Å². The molecule has 0 unspecified atom stereocenters. The number of rotatable bonds is 5. The van der Waals surface area contributed by atoms with Gasteiger partial charge in [0.05, 0.1) is 11.7 Å². The second-order valence-corrected chi connectivity index (χ2v) is 6.80. The summed E-state index contributed by atoms with van der Waals surface area (Å²) in [5, 5.41) is 4.08. The van der Waals surface area contributed by atoms with Crippen LogP contribution in [0.2, 0.25) is 0 Å². The average molecular weight is 334 g/mol. The van der Waals surface area contributed by atoms with Crippen LogP contribution in [0.1, 0.15) is 6.92 Å². The van der Waals surface area contributed by atoms with Crippen molar-refractivity contribution >= 4 is 21.1 Å². The van der Waals surface area contributed by atoms with Gasteiger partial charge >= 0.3 is 0 Å². The number of sulfonamides is 1. The summed E-state index contributed by atoms with van der Waals surface area (Å²) in [5.74, 6) is -0.635. The number of aromatic nitrogens is 3. The minimum absolute atomic E-state index is 0.293. The van der Waals surface area contributed by atoms with E-state index in [0.29, 0.717) is 28.7 Å². The number of halogens is 1. The molecule has 3 rings (SSSR count). The van der Waals surface area contributed by atoms with Crippen molar-refractivity contribution in [3.63, 3.8) is 0 Å². The monoisotopic (exact) mass is 334 g/mol. The molecule has 8 heteroatoms. The quantitative estimate of drug-likeness (QED) is 0.775. The molecule has 0 saturated carbocycles. The topological polar surface area (TPSA) is 76.9 Å². The van der Waals surface area contributed by atoms with E-state index in [2.05, 4.69) is 14.8 Å². The van der Waals surface area contributed by atoms with Crippen molar-refractivity contribution in [1.29, 1.82) is 0 Å². The Kier molecular flexibility index (Phi) is 4.10. The van der Waals surface area contributed by atoms with Gasteiger partial charge in [0.25, 0.3) is 0 Å². The van der Waals surface area contributed by atoms with E-state index in [-0.39, 0.29) is 11.7 Å². The van der Waals surface area contributed by atoms with E-state index < -0.39 is 10.0 Å². The third-order valence-corrected chi connectivity index (χ3v) is 4.62. The fourth-order valence-corrected chi connectivity index (χ4v) is 3.37. The molecule has 6 nitrogen and oxygen atoms in total. The molecule has 0 bridgehead atoms. The van der Waals surface area contributed by atoms with Crippen LogP contribution >= 0.6 is 0 Å². The highest BCUT2D eigenvalue weighted by Gasteiger charge is 2.14. The van der Waals surface area contributed by atoms with Crippen LogP contribution < -0.4 is 4.72 Å². The lowest BCUT2D eigenvalue weighted by molar-refractivity contribution is 0.566. The Morgan fingerprint density at radius 2 is 2.04 bits per heavy atom. The molecule has 1 aromatic carbocycles. The number of nitrogens with one attached hydrogen (secondary N) is 1. The van der Waals surface area contributed by atoms with E-state index in [1.54, 1.807) is 31.3 Å². The first-order valence-electron chi connectivity index (χ1n) is 7.03. The molecule has 120 valence electrons. The molecule has 0 spiro atoms. The van der Waals surface area contributed by atoms with Gasteiger partial charge in [0.15, 0.2) is 5.88 Å². The van der Waals surface area contributed by atoms with Crippen molar-refractivity contribution in [2.75, 3.05) is 6.54 Å². The minimum Gasteiger partial charge on any atom is -0.252 e. The highest BCUT2D eigenvalue weighted by molar-refractivity contribution is 7.88. The summed E-state index contributed by atoms with van der Waals surface area (Å²) < 4.78 is 41.0. The van der Waals surface area contributed by atoms with E-state index in [0.717, 1.165) is 0 Å². The van der Waals surface area contributed by atoms with Gasteiger partial charge in [-0.25, -0.2) is 22.2 Å². The summed E-state index contributed by atoms with van der Waals surface area (Å²) in [5.41, 5.74) is 2.52. The molecule has 2 heterocycles. The van der Waals surface area contributed by atoms with Crippen LogP contribution in [0.5, 0.6) is 0 Å². The summed E-state index contributed by atoms with van der Waals surface area (Å²) in [6.07, 6.45) is 3.12. The predicted molar refractivity (Wildman–Crippen MR) is 85.5 cm³/mol. The van der Waals surface area contributed by atoms with Gasteiger partial charge in [-0.15, -0.1) is 0 Å². The molecule has 0 saturated heterocycles. The molecule has 0 aliphatic heterocycles. The number of fused-ring (bicyclic) bond motifs is 1. The van der Waals surface area contributed by atoms with Gasteiger partial charge in [-0.05, 0) is 23.8 Å². The smallest absolute Gasteiger partial charge is 0.231 e. The molecule has 3 aromatic rings. The molecule has 0 aliphatic carbocycles. The Labute approximate surface area is 133 Å². The molecule has 0 radical (unpaired) electrons. The van der Waals surface area contributed by atoms with Crippen molar-refractivity contribution in [1.82, 2.24) is 19.5 Å². The van der Waals surface area contributed by atoms with Gasteiger partial charge in [0.1, 0.15) is 11.3 Å². The maximum absolute atomic E-state index is 13.4. The first kappa shape index (κ1) is 15.6. The lowest BCUT2D eigenvalue weighted by Crippen LogP contribution is -2.27. The molecule has 2 aromatic heterocycles. The second-order valence-electron chi connectivity index (χ2n) is 5.02. The lowest BCUT2D eigenvalue weighted by atomic mass is 10.1. The van der Waals surface area contributed by atoms with Crippen molar-refractivity contribution in [2.24, 2.45) is 0 Å². The zero-order valence-electron chi connectivity index (χ0n) is 12.4. The van der Waals surface area contributed by atoms with Crippen LogP contribution in [0.4, 0.5) is 4.39 Å². The van der Waals surface area contributed by atoms with Gasteiger partial charge in [0, 0.05) is 18.3 Å². The lowest BCUT2D eigenvalue weighted by Gasteiger charge is -2.07. The maximum atomic E-state index is 13.4. The maximum Gasteiger partial charge on any atom is 0.231 e. The summed E-state index contributed by atoms with van der Waals surface area (Å²) in [6, 6.07) is 7.90. The normalized spacial score (nSPS) is 11.9. The number of hydrogen-bond donors (Lipinski definition) is 1. The summed E-state index contributed by atoms with van der Waals surface area (Å²) in [7, 11) is -3.47. The summed E-state index contributed by atoms with van der Waals surface area (Å²) in [4.78, 5) is 4.26. The average Bonchev–Trinajstić information content (AvgIpc) is 2.89. The Balaban J connectivity index is 2.04. The molecule has 23 heavy (non-hydrogen) atoms. The fraction of sp³-hybridized carbons (Fsp3) is 0.200. The zero-order chi connectivity index (χ0) is 16.4. The number of nitrogens with zero attached hydrogens (tertiary/aromatic N) is 3. The van der Waals surface area contributed by atoms with Gasteiger partial charge in [-0.1, -0.05) is 19.1 Å². The van der Waals surface area contributed by atoms with Crippen LogP contribution in [0.3, 0.4) is 0 Å². The van der Waals surface area contributed by atoms with Crippen molar-refractivity contribution < 1.29 is 12.8 Å². The highest BCUT2D eigenvalue weighted by atomic mass is 32.2. The van der Waals surface area contributed by atoms with Crippen LogP contribution in [-0.2, 0) is 15.9 Å². The van der Waals surface area contributed by atoms with Gasteiger partial charge in [0.2, 0.25) is 10.0 Å². The van der Waals surface area contributed by atoms with Gasteiger partial charge in [-0.2, -0.15) is 5.10 Å². The van der Waals surface area contributed by atoms with Crippen LogP contribution in [0.15, 0.2) is 42.7 Å². The zero-order valence-corrected chi connectivity index (χ0v) is 13.2. The molecule has 0 aliphatic rings. The summed E-state index contributed by atoms with van der Waals surface area (Å²) >= 11 is 0. The van der Waals surface area contributed by atoms with E-state index in [1.165, 1.54) is 23.0 Å². The Morgan fingerprint density at radius 1 is 1.22 bits per heavy atom. The molecule has 0 atom stereocenters. The Bertz CT molecular complexity index is 953. The largest absolute Gasteiger partial charge is 0.252 e. The number of pyridine rings is 1. The first-order valence-corrected chi connectivity index (χ1v) is 8.68. The van der Waals surface area contributed by atoms with Crippen LogP contribution in [-0.4, -0.2) is 29.7 Å². The predicted octanol–water partition coefficient (Wildman–Crippen LogP) is 2.13. The second kappa shape index (κ2) is 6.05. The Hall–Kier alpha value is -2.32. The summed E-state index contributed by atoms with van der Waals surface area (Å²) in [6.45, 7) is 2.02. The Morgan fingerprint density at radius 3 is 2.78 bits per heavy atom. The SMILES string of the molecule is CCNS(=O)(=O)Cn1ncc2ncc(-c3cccc(F)c3)cc21. The first-order chi connectivity index (χ1) is 11.0. The number of hydrogen-bond acceptors (Lipinski definition) is 4. The molecule has 0 fully saturated rings. The number of benzene rings is 1. The van der Waals surface area contributed by atoms with Crippen LogP contribution in [0.25, 0.3) is 22.2 Å². The third kappa shape index (κ3) is 3.38. The van der Waals surface area contributed by atoms with Crippen molar-refractivity contribution in [2.45, 2.75) is 12.8 Å². The van der Waals surface area contributed by atoms with E-state index in [4.69, 9.17) is 0 Å². The molecular formula is C15H15FN4O2S. The van der Waals surface area contributed by atoms with E-state index >= 15 is 0 Å². The molecular weight excluding hydrogens is 319 g/mol. The third-order valence-electron chi connectivity index (χ3n) is 3.31. The van der Waals surface area contributed by atoms with Crippen LogP contribution in [0, 0.1) is 5.82 Å². The van der Waals surface area contributed by atoms with Gasteiger partial charge in [-0.3, -0.25) is 4.98 Å². The molecule has 0 amide bonds. The molecule has 1 N–H and O–H groups in total. The highest BCUT2D eigenvalue weighted by Crippen LogP contribution is 2.23.